The van der Waals surface area contributed by atoms with Gasteiger partial charge in [0.15, 0.2) is 0 Å². The van der Waals surface area contributed by atoms with Gasteiger partial charge in [0.1, 0.15) is 11.4 Å². The minimum absolute atomic E-state index is 0.0485. The fraction of sp³-hybridized carbons (Fsp3) is 0.484. The van der Waals surface area contributed by atoms with Crippen molar-refractivity contribution in [3.05, 3.63) is 70.8 Å². The minimum atomic E-state index is -0.370. The average Bonchev–Trinajstić information content (AvgIpc) is 2.94. The molecule has 0 aliphatic carbocycles. The van der Waals surface area contributed by atoms with Crippen LogP contribution in [0.4, 0.5) is 0 Å². The fourth-order valence-electron chi connectivity index (χ4n) is 5.31. The van der Waals surface area contributed by atoms with Crippen molar-refractivity contribution in [2.24, 2.45) is 0 Å². The lowest BCUT2D eigenvalue weighted by Gasteiger charge is -2.40. The van der Waals surface area contributed by atoms with E-state index in [9.17, 15) is 9.59 Å². The second-order valence-corrected chi connectivity index (χ2v) is 9.98. The molecule has 6 nitrogen and oxygen atoms in total. The Kier molecular flexibility index (Phi) is 8.70. The van der Waals surface area contributed by atoms with Gasteiger partial charge in [0, 0.05) is 55.7 Å². The van der Waals surface area contributed by atoms with Crippen LogP contribution in [0, 0.1) is 0 Å². The van der Waals surface area contributed by atoms with E-state index in [0.29, 0.717) is 30.8 Å². The molecule has 1 saturated heterocycles. The summed E-state index contributed by atoms with van der Waals surface area (Å²) in [4.78, 5) is 30.0. The van der Waals surface area contributed by atoms with Crippen LogP contribution in [0.5, 0.6) is 5.75 Å². The Balaban J connectivity index is 1.73. The Labute approximate surface area is 221 Å². The summed E-state index contributed by atoms with van der Waals surface area (Å²) < 4.78 is 6.62. The minimum Gasteiger partial charge on any atom is -0.482 e. The molecule has 2 aliphatic heterocycles. The number of nitrogens with one attached hydrogen (secondary N) is 1. The fourth-order valence-corrected chi connectivity index (χ4v) is 5.31. The van der Waals surface area contributed by atoms with E-state index in [1.54, 1.807) is 0 Å². The highest BCUT2D eigenvalue weighted by Gasteiger charge is 2.37. The highest BCUT2D eigenvalue weighted by atomic mass is 16.5. The van der Waals surface area contributed by atoms with Crippen molar-refractivity contribution >= 4 is 17.4 Å². The number of fused-ring (bicyclic) bond motifs is 1. The molecule has 2 aromatic carbocycles. The zero-order valence-corrected chi connectivity index (χ0v) is 22.8. The SMILES string of the molecule is CCCCN(CC)C(=O)c1ccc2c(c1)C(c1ccc(C(=O)N(CC)CC)cc1)=CC1(CCNCC1)O2. The summed E-state index contributed by atoms with van der Waals surface area (Å²) in [7, 11) is 0. The smallest absolute Gasteiger partial charge is 0.253 e. The number of amides is 2. The molecule has 0 atom stereocenters. The first kappa shape index (κ1) is 26.9. The Bertz CT molecular complexity index is 1130. The van der Waals surface area contributed by atoms with Gasteiger partial charge in [0.05, 0.1) is 0 Å². The first-order valence-corrected chi connectivity index (χ1v) is 13.9. The van der Waals surface area contributed by atoms with Crippen LogP contribution >= 0.6 is 0 Å². The van der Waals surface area contributed by atoms with E-state index in [2.05, 4.69) is 18.3 Å². The van der Waals surface area contributed by atoms with Crippen LogP contribution in [0.25, 0.3) is 5.57 Å². The zero-order chi connectivity index (χ0) is 26.4. The highest BCUT2D eigenvalue weighted by Crippen LogP contribution is 2.43. The molecule has 0 bridgehead atoms. The predicted molar refractivity (Wildman–Crippen MR) is 149 cm³/mol. The number of hydrogen-bond acceptors (Lipinski definition) is 4. The van der Waals surface area contributed by atoms with E-state index >= 15 is 0 Å². The predicted octanol–water partition coefficient (Wildman–Crippen LogP) is 5.38. The number of unbranched alkanes of at least 4 members (excludes halogenated alkanes) is 1. The van der Waals surface area contributed by atoms with E-state index in [0.717, 1.165) is 67.8 Å². The third-order valence-corrected chi connectivity index (χ3v) is 7.63. The summed E-state index contributed by atoms with van der Waals surface area (Å²) in [5.41, 5.74) is 4.03. The van der Waals surface area contributed by atoms with Crippen LogP contribution in [-0.4, -0.2) is 66.5 Å². The number of nitrogens with zero attached hydrogens (tertiary/aromatic N) is 2. The van der Waals surface area contributed by atoms with Gasteiger partial charge in [-0.25, -0.2) is 0 Å². The van der Waals surface area contributed by atoms with Crippen LogP contribution in [0.1, 0.15) is 85.2 Å². The van der Waals surface area contributed by atoms with Gasteiger partial charge in [-0.05, 0) is 87.8 Å². The van der Waals surface area contributed by atoms with Crippen molar-refractivity contribution in [1.29, 1.82) is 0 Å². The maximum Gasteiger partial charge on any atom is 0.253 e. The second kappa shape index (κ2) is 12.0. The monoisotopic (exact) mass is 503 g/mol. The second-order valence-electron chi connectivity index (χ2n) is 9.98. The molecule has 4 rings (SSSR count). The van der Waals surface area contributed by atoms with Gasteiger partial charge >= 0.3 is 0 Å². The number of ether oxygens (including phenoxy) is 1. The van der Waals surface area contributed by atoms with Crippen molar-refractivity contribution in [1.82, 2.24) is 15.1 Å². The maximum atomic E-state index is 13.4. The number of benzene rings is 2. The zero-order valence-electron chi connectivity index (χ0n) is 22.8. The summed E-state index contributed by atoms with van der Waals surface area (Å²) in [6.07, 6.45) is 6.07. The molecule has 0 unspecified atom stereocenters. The third kappa shape index (κ3) is 5.74. The topological polar surface area (TPSA) is 61.9 Å². The lowest BCUT2D eigenvalue weighted by molar-refractivity contribution is 0.0756. The van der Waals surface area contributed by atoms with Crippen molar-refractivity contribution in [3.8, 4) is 5.75 Å². The number of piperidine rings is 1. The van der Waals surface area contributed by atoms with E-state index in [1.807, 2.05) is 73.0 Å². The van der Waals surface area contributed by atoms with E-state index in [1.165, 1.54) is 0 Å². The van der Waals surface area contributed by atoms with Gasteiger partial charge in [-0.2, -0.15) is 0 Å². The van der Waals surface area contributed by atoms with Gasteiger partial charge in [0.25, 0.3) is 11.8 Å². The molecule has 0 saturated carbocycles. The molecule has 2 aromatic rings. The lowest BCUT2D eigenvalue weighted by Crippen LogP contribution is -2.46. The lowest BCUT2D eigenvalue weighted by atomic mass is 9.83. The van der Waals surface area contributed by atoms with Gasteiger partial charge in [0.2, 0.25) is 0 Å². The van der Waals surface area contributed by atoms with E-state index in [4.69, 9.17) is 4.74 Å². The van der Waals surface area contributed by atoms with Gasteiger partial charge in [-0.1, -0.05) is 25.5 Å². The molecule has 37 heavy (non-hydrogen) atoms. The van der Waals surface area contributed by atoms with Crippen LogP contribution < -0.4 is 10.1 Å². The molecular weight excluding hydrogens is 462 g/mol. The van der Waals surface area contributed by atoms with E-state index < -0.39 is 0 Å². The molecule has 1 fully saturated rings. The van der Waals surface area contributed by atoms with Crippen LogP contribution in [0.3, 0.4) is 0 Å². The van der Waals surface area contributed by atoms with Crippen LogP contribution in [0.2, 0.25) is 0 Å². The van der Waals surface area contributed by atoms with Crippen molar-refractivity contribution < 1.29 is 14.3 Å². The Morgan fingerprint density at radius 3 is 2.11 bits per heavy atom. The largest absolute Gasteiger partial charge is 0.482 e. The first-order valence-electron chi connectivity index (χ1n) is 13.9. The Hall–Kier alpha value is -3.12. The summed E-state index contributed by atoms with van der Waals surface area (Å²) in [6, 6.07) is 13.7. The van der Waals surface area contributed by atoms with Gasteiger partial charge < -0.3 is 19.9 Å². The number of hydrogen-bond donors (Lipinski definition) is 1. The highest BCUT2D eigenvalue weighted by molar-refractivity contribution is 5.98. The third-order valence-electron chi connectivity index (χ3n) is 7.63. The summed E-state index contributed by atoms with van der Waals surface area (Å²) >= 11 is 0. The quantitative estimate of drug-likeness (QED) is 0.499. The van der Waals surface area contributed by atoms with Gasteiger partial charge in [-0.15, -0.1) is 0 Å². The molecule has 2 aliphatic rings. The van der Waals surface area contributed by atoms with Crippen LogP contribution in [-0.2, 0) is 0 Å². The van der Waals surface area contributed by atoms with Crippen LogP contribution in [0.15, 0.2) is 48.5 Å². The van der Waals surface area contributed by atoms with Crippen molar-refractivity contribution in [2.45, 2.75) is 59.0 Å². The van der Waals surface area contributed by atoms with Crippen molar-refractivity contribution in [2.75, 3.05) is 39.3 Å². The molecule has 6 heteroatoms. The van der Waals surface area contributed by atoms with Crippen molar-refractivity contribution in [3.63, 3.8) is 0 Å². The average molecular weight is 504 g/mol. The number of carbonyl (C=O) groups excluding carboxylic acids is 2. The Morgan fingerprint density at radius 2 is 1.49 bits per heavy atom. The Morgan fingerprint density at radius 1 is 0.865 bits per heavy atom. The molecule has 1 spiro atoms. The molecule has 1 N–H and O–H groups in total. The molecule has 198 valence electrons. The number of carbonyl (C=O) groups is 2. The van der Waals surface area contributed by atoms with E-state index in [-0.39, 0.29) is 17.4 Å². The molecule has 2 heterocycles. The molecule has 0 radical (unpaired) electrons. The number of rotatable bonds is 9. The molecular formula is C31H41N3O3. The summed E-state index contributed by atoms with van der Waals surface area (Å²) in [5.74, 6) is 0.920. The standard InChI is InChI=1S/C31H41N3O3/c1-5-9-20-34(8-4)30(36)25-14-15-28-26(21-25)27(22-31(37-28)16-18-32-19-17-31)23-10-12-24(13-11-23)29(35)33(6-2)7-3/h10-15,21-22,32H,5-9,16-20H2,1-4H3. The summed E-state index contributed by atoms with van der Waals surface area (Å²) in [5, 5.41) is 3.43. The summed E-state index contributed by atoms with van der Waals surface area (Å²) in [6.45, 7) is 12.8. The molecule has 2 amide bonds. The first-order chi connectivity index (χ1) is 17.9. The maximum absolute atomic E-state index is 13.4. The normalized spacial score (nSPS) is 15.9. The van der Waals surface area contributed by atoms with Gasteiger partial charge in [-0.3, -0.25) is 9.59 Å². The molecule has 0 aromatic heterocycles.